The van der Waals surface area contributed by atoms with Crippen molar-refractivity contribution in [1.29, 1.82) is 0 Å². The number of rotatable bonds is 3. The molecule has 1 N–H and O–H groups in total. The number of nitrogens with one attached hydrogen (secondary N) is 1. The Morgan fingerprint density at radius 2 is 2.09 bits per heavy atom. The SMILES string of the molecule is C#CCC(NC(C)=O)C(C)=O. The van der Waals surface area contributed by atoms with Gasteiger partial charge in [-0.1, -0.05) is 0 Å². The molecular weight excluding hydrogens is 142 g/mol. The minimum absolute atomic E-state index is 0.113. The van der Waals surface area contributed by atoms with Crippen molar-refractivity contribution >= 4 is 11.7 Å². The predicted molar refractivity (Wildman–Crippen MR) is 41.7 cm³/mol. The fraction of sp³-hybridized carbons (Fsp3) is 0.500. The predicted octanol–water partition coefficient (Wildman–Crippen LogP) is 0.103. The summed E-state index contributed by atoms with van der Waals surface area (Å²) >= 11 is 0. The Morgan fingerprint density at radius 1 is 1.55 bits per heavy atom. The van der Waals surface area contributed by atoms with Gasteiger partial charge in [0.15, 0.2) is 5.78 Å². The van der Waals surface area contributed by atoms with E-state index >= 15 is 0 Å². The van der Waals surface area contributed by atoms with Gasteiger partial charge in [-0.25, -0.2) is 0 Å². The standard InChI is InChI=1S/C8H11NO2/c1-4-5-8(6(2)10)9-7(3)11/h1,8H,5H2,2-3H3,(H,9,11). The molecule has 1 atom stereocenters. The Labute approximate surface area is 66.2 Å². The van der Waals surface area contributed by atoms with Crippen LogP contribution in [0.5, 0.6) is 0 Å². The van der Waals surface area contributed by atoms with E-state index in [0.717, 1.165) is 0 Å². The molecule has 1 amide bonds. The van der Waals surface area contributed by atoms with Crippen molar-refractivity contribution in [2.45, 2.75) is 26.3 Å². The number of amides is 1. The summed E-state index contributed by atoms with van der Waals surface area (Å²) < 4.78 is 0. The summed E-state index contributed by atoms with van der Waals surface area (Å²) in [5.41, 5.74) is 0. The van der Waals surface area contributed by atoms with E-state index < -0.39 is 6.04 Å². The molecule has 0 aromatic heterocycles. The van der Waals surface area contributed by atoms with Gasteiger partial charge in [-0.05, 0) is 6.92 Å². The lowest BCUT2D eigenvalue weighted by molar-refractivity contribution is -0.125. The average molecular weight is 153 g/mol. The van der Waals surface area contributed by atoms with Crippen LogP contribution in [0.3, 0.4) is 0 Å². The van der Waals surface area contributed by atoms with E-state index in [1.807, 2.05) is 0 Å². The van der Waals surface area contributed by atoms with Crippen LogP contribution in [0.4, 0.5) is 0 Å². The van der Waals surface area contributed by atoms with Crippen molar-refractivity contribution in [3.05, 3.63) is 0 Å². The molecule has 3 heteroatoms. The van der Waals surface area contributed by atoms with Gasteiger partial charge < -0.3 is 5.32 Å². The lowest BCUT2D eigenvalue weighted by Gasteiger charge is -2.10. The summed E-state index contributed by atoms with van der Waals surface area (Å²) in [5.74, 6) is 1.97. The van der Waals surface area contributed by atoms with Crippen LogP contribution >= 0.6 is 0 Å². The van der Waals surface area contributed by atoms with Crippen molar-refractivity contribution in [1.82, 2.24) is 5.32 Å². The van der Waals surface area contributed by atoms with Crippen molar-refractivity contribution in [3.8, 4) is 12.3 Å². The number of carbonyl (C=O) groups excluding carboxylic acids is 2. The van der Waals surface area contributed by atoms with Crippen molar-refractivity contribution < 1.29 is 9.59 Å². The maximum absolute atomic E-state index is 10.8. The molecule has 0 bridgehead atoms. The molecule has 0 aliphatic carbocycles. The van der Waals surface area contributed by atoms with E-state index in [-0.39, 0.29) is 18.1 Å². The number of hydrogen-bond donors (Lipinski definition) is 1. The molecule has 3 nitrogen and oxygen atoms in total. The fourth-order valence-electron chi connectivity index (χ4n) is 0.660. The van der Waals surface area contributed by atoms with Crippen LogP contribution in [0.2, 0.25) is 0 Å². The van der Waals surface area contributed by atoms with Crippen LogP contribution in [-0.4, -0.2) is 17.7 Å². The lowest BCUT2D eigenvalue weighted by Crippen LogP contribution is -2.37. The van der Waals surface area contributed by atoms with Gasteiger partial charge in [-0.15, -0.1) is 12.3 Å². The molecular formula is C8H11NO2. The first-order valence-corrected chi connectivity index (χ1v) is 3.29. The van der Waals surface area contributed by atoms with Gasteiger partial charge in [0, 0.05) is 13.3 Å². The van der Waals surface area contributed by atoms with Gasteiger partial charge in [0.05, 0.1) is 6.04 Å². The molecule has 0 heterocycles. The molecule has 60 valence electrons. The quantitative estimate of drug-likeness (QED) is 0.585. The molecule has 0 saturated carbocycles. The van der Waals surface area contributed by atoms with Crippen molar-refractivity contribution in [2.75, 3.05) is 0 Å². The van der Waals surface area contributed by atoms with Crippen molar-refractivity contribution in [2.24, 2.45) is 0 Å². The molecule has 0 aromatic carbocycles. The first kappa shape index (κ1) is 9.70. The summed E-state index contributed by atoms with van der Waals surface area (Å²) in [6.45, 7) is 2.75. The van der Waals surface area contributed by atoms with Crippen LogP contribution in [0.1, 0.15) is 20.3 Å². The molecule has 0 saturated heterocycles. The second kappa shape index (κ2) is 4.51. The molecule has 1 unspecified atom stereocenters. The summed E-state index contributed by atoms with van der Waals surface area (Å²) in [6.07, 6.45) is 5.25. The van der Waals surface area contributed by atoms with Crippen LogP contribution in [0.25, 0.3) is 0 Å². The molecule has 0 aromatic rings. The first-order chi connectivity index (χ1) is 5.07. The number of hydrogen-bond acceptors (Lipinski definition) is 2. The molecule has 11 heavy (non-hydrogen) atoms. The number of ketones is 1. The summed E-state index contributed by atoms with van der Waals surface area (Å²) in [5, 5.41) is 2.45. The van der Waals surface area contributed by atoms with Gasteiger partial charge in [0.25, 0.3) is 0 Å². The smallest absolute Gasteiger partial charge is 0.217 e. The molecule has 0 aliphatic heterocycles. The second-order valence-corrected chi connectivity index (χ2v) is 2.27. The minimum Gasteiger partial charge on any atom is -0.346 e. The van der Waals surface area contributed by atoms with Gasteiger partial charge in [0.2, 0.25) is 5.91 Å². The van der Waals surface area contributed by atoms with E-state index in [9.17, 15) is 9.59 Å². The zero-order valence-corrected chi connectivity index (χ0v) is 6.68. The number of terminal acetylenes is 1. The van der Waals surface area contributed by atoms with Crippen LogP contribution in [0, 0.1) is 12.3 Å². The normalized spacial score (nSPS) is 11.4. The van der Waals surface area contributed by atoms with Gasteiger partial charge in [0.1, 0.15) is 0 Å². The fourth-order valence-corrected chi connectivity index (χ4v) is 0.660. The van der Waals surface area contributed by atoms with Crippen LogP contribution in [0.15, 0.2) is 0 Å². The molecule has 0 fully saturated rings. The highest BCUT2D eigenvalue weighted by atomic mass is 16.2. The maximum atomic E-state index is 10.8. The highest BCUT2D eigenvalue weighted by Crippen LogP contribution is 1.91. The summed E-state index contributed by atoms with van der Waals surface area (Å²) in [7, 11) is 0. The van der Waals surface area contributed by atoms with Gasteiger partial charge in [-0.2, -0.15) is 0 Å². The Bertz CT molecular complexity index is 203. The van der Waals surface area contributed by atoms with E-state index in [1.165, 1.54) is 13.8 Å². The Kier molecular flexibility index (Phi) is 3.97. The minimum atomic E-state index is -0.516. The maximum Gasteiger partial charge on any atom is 0.217 e. The van der Waals surface area contributed by atoms with Crippen molar-refractivity contribution in [3.63, 3.8) is 0 Å². The Hall–Kier alpha value is -1.30. The largest absolute Gasteiger partial charge is 0.346 e. The molecule has 0 rings (SSSR count). The third-order valence-corrected chi connectivity index (χ3v) is 1.19. The van der Waals surface area contributed by atoms with Crippen LogP contribution < -0.4 is 5.32 Å². The first-order valence-electron chi connectivity index (χ1n) is 3.29. The second-order valence-electron chi connectivity index (χ2n) is 2.27. The summed E-state index contributed by atoms with van der Waals surface area (Å²) in [4.78, 5) is 21.3. The number of carbonyl (C=O) groups is 2. The van der Waals surface area contributed by atoms with E-state index in [4.69, 9.17) is 6.42 Å². The monoisotopic (exact) mass is 153 g/mol. The molecule has 0 radical (unpaired) electrons. The highest BCUT2D eigenvalue weighted by Gasteiger charge is 2.12. The molecule has 0 aliphatic rings. The third kappa shape index (κ3) is 4.15. The van der Waals surface area contributed by atoms with Gasteiger partial charge in [-0.3, -0.25) is 9.59 Å². The van der Waals surface area contributed by atoms with Gasteiger partial charge >= 0.3 is 0 Å². The zero-order valence-electron chi connectivity index (χ0n) is 6.68. The Balaban J connectivity index is 4.02. The molecule has 0 spiro atoms. The Morgan fingerprint density at radius 3 is 2.36 bits per heavy atom. The van der Waals surface area contributed by atoms with E-state index in [2.05, 4.69) is 11.2 Å². The lowest BCUT2D eigenvalue weighted by atomic mass is 10.1. The highest BCUT2D eigenvalue weighted by molar-refractivity contribution is 5.86. The summed E-state index contributed by atoms with van der Waals surface area (Å²) in [6, 6.07) is -0.516. The number of Topliss-reactive ketones (excluding diaryl/α,β-unsaturated/α-hetero) is 1. The van der Waals surface area contributed by atoms with E-state index in [0.29, 0.717) is 0 Å². The van der Waals surface area contributed by atoms with Crippen LogP contribution in [-0.2, 0) is 9.59 Å². The average Bonchev–Trinajstić information content (AvgIpc) is 1.86. The third-order valence-electron chi connectivity index (χ3n) is 1.19. The van der Waals surface area contributed by atoms with E-state index in [1.54, 1.807) is 0 Å². The topological polar surface area (TPSA) is 46.2 Å². The zero-order chi connectivity index (χ0) is 8.85.